The van der Waals surface area contributed by atoms with Gasteiger partial charge in [-0.1, -0.05) is 6.58 Å². The van der Waals surface area contributed by atoms with E-state index in [4.69, 9.17) is 15.9 Å². The summed E-state index contributed by atoms with van der Waals surface area (Å²) in [5, 5.41) is 16.6. The summed E-state index contributed by atoms with van der Waals surface area (Å²) in [5.74, 6) is -1.13. The van der Waals surface area contributed by atoms with Gasteiger partial charge in [0.05, 0.1) is 0 Å². The van der Waals surface area contributed by atoms with Crippen LogP contribution in [0.1, 0.15) is 6.42 Å². The summed E-state index contributed by atoms with van der Waals surface area (Å²) in [6, 6.07) is 0. The molecule has 52 valence electrons. The summed E-state index contributed by atoms with van der Waals surface area (Å²) in [7, 11) is 0. The first-order valence-electron chi connectivity index (χ1n) is 2.38. The minimum absolute atomic E-state index is 0.0787. The van der Waals surface area contributed by atoms with Crippen molar-refractivity contribution in [3.8, 4) is 0 Å². The Bertz CT molecular complexity index is 130. The molecule has 0 aromatic rings. The van der Waals surface area contributed by atoms with Crippen molar-refractivity contribution in [3.63, 3.8) is 0 Å². The second-order valence-corrected chi connectivity index (χ2v) is 1.68. The first kappa shape index (κ1) is 8.13. The predicted molar refractivity (Wildman–Crippen MR) is 31.6 cm³/mol. The van der Waals surface area contributed by atoms with E-state index in [9.17, 15) is 4.79 Å². The number of aliphatic hydroxyl groups is 1. The van der Waals surface area contributed by atoms with Gasteiger partial charge >= 0.3 is 5.97 Å². The summed E-state index contributed by atoms with van der Waals surface area (Å²) in [5.41, 5.74) is 4.78. The highest BCUT2D eigenvalue weighted by molar-refractivity contribution is 5.85. The van der Waals surface area contributed by atoms with Crippen molar-refractivity contribution >= 4 is 5.97 Å². The molecule has 4 heteroatoms. The van der Waals surface area contributed by atoms with Crippen LogP contribution in [0.15, 0.2) is 12.2 Å². The molecule has 0 radical (unpaired) electrons. The Morgan fingerprint density at radius 2 is 2.22 bits per heavy atom. The maximum Gasteiger partial charge on any atom is 0.331 e. The Morgan fingerprint density at radius 1 is 1.78 bits per heavy atom. The summed E-state index contributed by atoms with van der Waals surface area (Å²) in [6.45, 7) is 3.15. The van der Waals surface area contributed by atoms with Gasteiger partial charge in [0.2, 0.25) is 0 Å². The van der Waals surface area contributed by atoms with Crippen molar-refractivity contribution in [2.45, 2.75) is 12.6 Å². The number of hydrogen-bond donors (Lipinski definition) is 3. The quantitative estimate of drug-likeness (QED) is 0.349. The van der Waals surface area contributed by atoms with Crippen LogP contribution in [0.4, 0.5) is 0 Å². The average molecular weight is 131 g/mol. The van der Waals surface area contributed by atoms with Crippen LogP contribution in [0, 0.1) is 0 Å². The van der Waals surface area contributed by atoms with Crippen molar-refractivity contribution in [1.82, 2.24) is 0 Å². The summed E-state index contributed by atoms with van der Waals surface area (Å²) in [6.07, 6.45) is -1.21. The lowest BCUT2D eigenvalue weighted by atomic mass is 10.2. The molecule has 4 N–H and O–H groups in total. The number of aliphatic carboxylic acids is 1. The van der Waals surface area contributed by atoms with Crippen LogP contribution in [0.3, 0.4) is 0 Å². The third kappa shape index (κ3) is 3.69. The SMILES string of the molecule is C=C(CC(N)O)C(=O)O. The lowest BCUT2D eigenvalue weighted by Gasteiger charge is -2.01. The Kier molecular flexibility index (Phi) is 2.90. The molecule has 0 saturated heterocycles. The minimum atomic E-state index is -1.13. The number of rotatable bonds is 3. The van der Waals surface area contributed by atoms with E-state index in [1.807, 2.05) is 0 Å². The fourth-order valence-electron chi connectivity index (χ4n) is 0.340. The Balaban J connectivity index is 3.65. The van der Waals surface area contributed by atoms with Crippen molar-refractivity contribution in [2.24, 2.45) is 5.73 Å². The van der Waals surface area contributed by atoms with E-state index in [0.29, 0.717) is 0 Å². The van der Waals surface area contributed by atoms with E-state index in [0.717, 1.165) is 0 Å². The Hall–Kier alpha value is -0.870. The van der Waals surface area contributed by atoms with Gasteiger partial charge < -0.3 is 15.9 Å². The molecule has 0 spiro atoms. The van der Waals surface area contributed by atoms with Gasteiger partial charge in [-0.05, 0) is 0 Å². The van der Waals surface area contributed by atoms with Crippen LogP contribution >= 0.6 is 0 Å². The normalized spacial score (nSPS) is 12.7. The molecular weight excluding hydrogens is 122 g/mol. The zero-order valence-electron chi connectivity index (χ0n) is 4.87. The zero-order chi connectivity index (χ0) is 7.44. The first-order chi connectivity index (χ1) is 4.04. The van der Waals surface area contributed by atoms with E-state index in [-0.39, 0.29) is 12.0 Å². The molecule has 0 rings (SSSR count). The van der Waals surface area contributed by atoms with Crippen LogP contribution in [0.25, 0.3) is 0 Å². The van der Waals surface area contributed by atoms with E-state index in [1.165, 1.54) is 0 Å². The molecule has 1 unspecified atom stereocenters. The number of nitrogens with two attached hydrogens (primary N) is 1. The molecule has 0 amide bonds. The molecule has 0 aromatic heterocycles. The van der Waals surface area contributed by atoms with Gasteiger partial charge in [0.15, 0.2) is 0 Å². The molecule has 0 aromatic carbocycles. The second kappa shape index (κ2) is 3.21. The Morgan fingerprint density at radius 3 is 2.33 bits per heavy atom. The molecule has 4 nitrogen and oxygen atoms in total. The standard InChI is InChI=1S/C5H9NO3/c1-3(5(8)9)2-4(6)7/h4,7H,1-2,6H2,(H,8,9). The number of carboxylic acid groups (broad SMARTS) is 1. The molecule has 0 bridgehead atoms. The maximum atomic E-state index is 9.97. The molecule has 9 heavy (non-hydrogen) atoms. The second-order valence-electron chi connectivity index (χ2n) is 1.68. The molecule has 0 heterocycles. The van der Waals surface area contributed by atoms with Crippen molar-refractivity contribution in [2.75, 3.05) is 0 Å². The van der Waals surface area contributed by atoms with Gasteiger partial charge in [-0.3, -0.25) is 0 Å². The number of hydrogen-bond acceptors (Lipinski definition) is 3. The van der Waals surface area contributed by atoms with E-state index < -0.39 is 12.2 Å². The third-order valence-corrected chi connectivity index (χ3v) is 0.758. The summed E-state index contributed by atoms with van der Waals surface area (Å²) < 4.78 is 0. The van der Waals surface area contributed by atoms with Crippen LogP contribution in [0.5, 0.6) is 0 Å². The third-order valence-electron chi connectivity index (χ3n) is 0.758. The molecule has 1 atom stereocenters. The lowest BCUT2D eigenvalue weighted by Crippen LogP contribution is -2.20. The van der Waals surface area contributed by atoms with Crippen LogP contribution in [-0.4, -0.2) is 22.4 Å². The zero-order valence-corrected chi connectivity index (χ0v) is 4.87. The van der Waals surface area contributed by atoms with Gasteiger partial charge in [-0.15, -0.1) is 0 Å². The summed E-state index contributed by atoms with van der Waals surface area (Å²) >= 11 is 0. The predicted octanol–water partition coefficient (Wildman–Crippen LogP) is -0.706. The average Bonchev–Trinajstić information content (AvgIpc) is 1.63. The summed E-state index contributed by atoms with van der Waals surface area (Å²) in [4.78, 5) is 9.97. The maximum absolute atomic E-state index is 9.97. The van der Waals surface area contributed by atoms with Crippen molar-refractivity contribution < 1.29 is 15.0 Å². The first-order valence-corrected chi connectivity index (χ1v) is 2.38. The van der Waals surface area contributed by atoms with Gasteiger partial charge in [-0.25, -0.2) is 4.79 Å². The molecular formula is C5H9NO3. The fraction of sp³-hybridized carbons (Fsp3) is 0.400. The largest absolute Gasteiger partial charge is 0.478 e. The van der Waals surface area contributed by atoms with Gasteiger partial charge in [-0.2, -0.15) is 0 Å². The highest BCUT2D eigenvalue weighted by Crippen LogP contribution is 1.97. The highest BCUT2D eigenvalue weighted by atomic mass is 16.4. The van der Waals surface area contributed by atoms with E-state index in [2.05, 4.69) is 6.58 Å². The molecule has 0 aliphatic rings. The van der Waals surface area contributed by atoms with Crippen molar-refractivity contribution in [3.05, 3.63) is 12.2 Å². The smallest absolute Gasteiger partial charge is 0.331 e. The van der Waals surface area contributed by atoms with Crippen molar-refractivity contribution in [1.29, 1.82) is 0 Å². The van der Waals surface area contributed by atoms with Gasteiger partial charge in [0.25, 0.3) is 0 Å². The molecule has 0 saturated carbocycles. The fourth-order valence-corrected chi connectivity index (χ4v) is 0.340. The van der Waals surface area contributed by atoms with E-state index in [1.54, 1.807) is 0 Å². The van der Waals surface area contributed by atoms with Gasteiger partial charge in [0.1, 0.15) is 6.23 Å². The number of carbonyl (C=O) groups is 1. The number of carboxylic acids is 1. The molecule has 0 aliphatic carbocycles. The van der Waals surface area contributed by atoms with Crippen LogP contribution in [0.2, 0.25) is 0 Å². The lowest BCUT2D eigenvalue weighted by molar-refractivity contribution is -0.133. The van der Waals surface area contributed by atoms with E-state index >= 15 is 0 Å². The monoisotopic (exact) mass is 131 g/mol. The molecule has 0 aliphatic heterocycles. The topological polar surface area (TPSA) is 83.5 Å². The van der Waals surface area contributed by atoms with Crippen LogP contribution < -0.4 is 5.73 Å². The Labute approximate surface area is 52.6 Å². The van der Waals surface area contributed by atoms with Gasteiger partial charge in [0, 0.05) is 12.0 Å². The molecule has 0 fully saturated rings. The van der Waals surface area contributed by atoms with Crippen LogP contribution in [-0.2, 0) is 4.79 Å². The number of aliphatic hydroxyl groups excluding tert-OH is 1. The highest BCUT2D eigenvalue weighted by Gasteiger charge is 2.06. The minimum Gasteiger partial charge on any atom is -0.478 e.